The highest BCUT2D eigenvalue weighted by atomic mass is 32.1. The lowest BCUT2D eigenvalue weighted by molar-refractivity contribution is 0.340. The molecule has 0 bridgehead atoms. The summed E-state index contributed by atoms with van der Waals surface area (Å²) in [6.45, 7) is 1.80. The van der Waals surface area contributed by atoms with Crippen molar-refractivity contribution in [1.82, 2.24) is 15.2 Å². The number of nitrogens with zero attached hydrogens (tertiary/aromatic N) is 2. The van der Waals surface area contributed by atoms with Gasteiger partial charge in [0, 0.05) is 24.5 Å². The van der Waals surface area contributed by atoms with Crippen molar-refractivity contribution >= 4 is 11.3 Å². The van der Waals surface area contributed by atoms with Crippen LogP contribution >= 0.6 is 11.3 Å². The summed E-state index contributed by atoms with van der Waals surface area (Å²) in [5, 5.41) is 5.66. The third-order valence-electron chi connectivity index (χ3n) is 2.76. The van der Waals surface area contributed by atoms with Gasteiger partial charge in [-0.1, -0.05) is 30.3 Å². The first-order chi connectivity index (χ1) is 8.75. The summed E-state index contributed by atoms with van der Waals surface area (Å²) in [5.74, 6) is 0. The smallest absolute Gasteiger partial charge is 0.0795 e. The predicted molar refractivity (Wildman–Crippen MR) is 76.7 cm³/mol. The first-order valence-corrected chi connectivity index (χ1v) is 7.00. The van der Waals surface area contributed by atoms with Gasteiger partial charge in [-0.25, -0.2) is 4.98 Å². The Labute approximate surface area is 112 Å². The van der Waals surface area contributed by atoms with Crippen LogP contribution in [0.25, 0.3) is 0 Å². The number of hydrogen-bond acceptors (Lipinski definition) is 4. The van der Waals surface area contributed by atoms with Crippen LogP contribution in [-0.4, -0.2) is 30.5 Å². The Morgan fingerprint density at radius 1 is 1.28 bits per heavy atom. The second-order valence-electron chi connectivity index (χ2n) is 4.59. The maximum absolute atomic E-state index is 4.30. The van der Waals surface area contributed by atoms with Gasteiger partial charge < -0.3 is 10.2 Å². The molecule has 1 aromatic heterocycles. The summed E-state index contributed by atoms with van der Waals surface area (Å²) < 4.78 is 0. The number of benzene rings is 1. The number of aromatic nitrogens is 1. The van der Waals surface area contributed by atoms with E-state index in [9.17, 15) is 0 Å². The van der Waals surface area contributed by atoms with Crippen LogP contribution in [-0.2, 0) is 6.54 Å². The third kappa shape index (κ3) is 3.91. The van der Waals surface area contributed by atoms with Gasteiger partial charge in [-0.05, 0) is 19.7 Å². The fourth-order valence-corrected chi connectivity index (χ4v) is 2.45. The van der Waals surface area contributed by atoms with E-state index < -0.39 is 0 Å². The molecule has 96 valence electrons. The molecule has 0 amide bonds. The monoisotopic (exact) mass is 261 g/mol. The fraction of sp³-hybridized carbons (Fsp3) is 0.357. The van der Waals surface area contributed by atoms with Gasteiger partial charge in [0.1, 0.15) is 0 Å². The SMILES string of the molecule is CN(C)CC(NCc1cscn1)c1ccccc1. The van der Waals surface area contributed by atoms with Crippen LogP contribution in [0.15, 0.2) is 41.2 Å². The molecule has 1 N–H and O–H groups in total. The van der Waals surface area contributed by atoms with Crippen LogP contribution in [0, 0.1) is 0 Å². The molecule has 1 unspecified atom stereocenters. The van der Waals surface area contributed by atoms with E-state index in [1.54, 1.807) is 11.3 Å². The maximum atomic E-state index is 4.30. The number of thiazole rings is 1. The van der Waals surface area contributed by atoms with Gasteiger partial charge >= 0.3 is 0 Å². The Hall–Kier alpha value is -1.23. The molecule has 0 radical (unpaired) electrons. The zero-order chi connectivity index (χ0) is 12.8. The molecule has 2 rings (SSSR count). The number of rotatable bonds is 6. The van der Waals surface area contributed by atoms with E-state index in [0.717, 1.165) is 18.8 Å². The van der Waals surface area contributed by atoms with E-state index in [0.29, 0.717) is 6.04 Å². The number of hydrogen-bond donors (Lipinski definition) is 1. The summed E-state index contributed by atoms with van der Waals surface area (Å²) in [7, 11) is 4.20. The highest BCUT2D eigenvalue weighted by Gasteiger charge is 2.11. The van der Waals surface area contributed by atoms with E-state index in [2.05, 4.69) is 65.0 Å². The minimum absolute atomic E-state index is 0.336. The van der Waals surface area contributed by atoms with E-state index in [4.69, 9.17) is 0 Å². The average Bonchev–Trinajstić information content (AvgIpc) is 2.88. The van der Waals surface area contributed by atoms with Crippen molar-refractivity contribution in [1.29, 1.82) is 0 Å². The van der Waals surface area contributed by atoms with Crippen LogP contribution in [0.3, 0.4) is 0 Å². The molecule has 0 spiro atoms. The molecular formula is C14H19N3S. The molecule has 3 nitrogen and oxygen atoms in total. The lowest BCUT2D eigenvalue weighted by Gasteiger charge is -2.22. The summed E-state index contributed by atoms with van der Waals surface area (Å²) in [5.41, 5.74) is 4.31. The van der Waals surface area contributed by atoms with Gasteiger partial charge in [0.2, 0.25) is 0 Å². The standard InChI is InChI=1S/C14H19N3S/c1-17(2)9-14(12-6-4-3-5-7-12)15-8-13-10-18-11-16-13/h3-7,10-11,14-15H,8-9H2,1-2H3. The van der Waals surface area contributed by atoms with Crippen molar-refractivity contribution in [2.24, 2.45) is 0 Å². The van der Waals surface area contributed by atoms with Crippen molar-refractivity contribution in [2.45, 2.75) is 12.6 Å². The lowest BCUT2D eigenvalue weighted by Crippen LogP contribution is -2.30. The molecule has 1 aromatic carbocycles. The van der Waals surface area contributed by atoms with Crippen LogP contribution in [0.4, 0.5) is 0 Å². The van der Waals surface area contributed by atoms with Crippen molar-refractivity contribution in [2.75, 3.05) is 20.6 Å². The zero-order valence-corrected chi connectivity index (χ0v) is 11.7. The highest BCUT2D eigenvalue weighted by Crippen LogP contribution is 2.14. The van der Waals surface area contributed by atoms with Gasteiger partial charge in [-0.15, -0.1) is 11.3 Å². The lowest BCUT2D eigenvalue weighted by atomic mass is 10.1. The second-order valence-corrected chi connectivity index (χ2v) is 5.30. The molecule has 0 aliphatic rings. The zero-order valence-electron chi connectivity index (χ0n) is 10.8. The summed E-state index contributed by atoms with van der Waals surface area (Å²) >= 11 is 1.64. The van der Waals surface area contributed by atoms with E-state index in [-0.39, 0.29) is 0 Å². The first kappa shape index (κ1) is 13.2. The molecule has 1 atom stereocenters. The van der Waals surface area contributed by atoms with Crippen molar-refractivity contribution in [3.05, 3.63) is 52.5 Å². The second kappa shape index (κ2) is 6.64. The number of likely N-dealkylation sites (N-methyl/N-ethyl adjacent to an activating group) is 1. The van der Waals surface area contributed by atoms with Crippen LogP contribution < -0.4 is 5.32 Å². The quantitative estimate of drug-likeness (QED) is 0.866. The normalized spacial score (nSPS) is 12.8. The molecule has 0 aliphatic heterocycles. The average molecular weight is 261 g/mol. The van der Waals surface area contributed by atoms with E-state index in [1.165, 1.54) is 5.56 Å². The van der Waals surface area contributed by atoms with E-state index in [1.807, 2.05) is 5.51 Å². The molecule has 4 heteroatoms. The Kier molecular flexibility index (Phi) is 4.87. The van der Waals surface area contributed by atoms with E-state index >= 15 is 0 Å². The van der Waals surface area contributed by atoms with Gasteiger partial charge in [-0.3, -0.25) is 0 Å². The number of nitrogens with one attached hydrogen (secondary N) is 1. The largest absolute Gasteiger partial charge is 0.308 e. The highest BCUT2D eigenvalue weighted by molar-refractivity contribution is 7.07. The van der Waals surface area contributed by atoms with Crippen molar-refractivity contribution in [3.63, 3.8) is 0 Å². The molecule has 0 aliphatic carbocycles. The molecular weight excluding hydrogens is 242 g/mol. The minimum atomic E-state index is 0.336. The maximum Gasteiger partial charge on any atom is 0.0795 e. The van der Waals surface area contributed by atoms with Crippen LogP contribution in [0.2, 0.25) is 0 Å². The van der Waals surface area contributed by atoms with Crippen LogP contribution in [0.1, 0.15) is 17.3 Å². The molecule has 1 heterocycles. The summed E-state index contributed by atoms with van der Waals surface area (Å²) in [6, 6.07) is 10.9. The fourth-order valence-electron chi connectivity index (χ4n) is 1.89. The van der Waals surface area contributed by atoms with Gasteiger partial charge in [0.05, 0.1) is 11.2 Å². The molecule has 2 aromatic rings. The summed E-state index contributed by atoms with van der Waals surface area (Å²) in [6.07, 6.45) is 0. The van der Waals surface area contributed by atoms with Gasteiger partial charge in [0.25, 0.3) is 0 Å². The minimum Gasteiger partial charge on any atom is -0.308 e. The third-order valence-corrected chi connectivity index (χ3v) is 3.40. The Morgan fingerprint density at radius 3 is 2.67 bits per heavy atom. The summed E-state index contributed by atoms with van der Waals surface area (Å²) in [4.78, 5) is 6.50. The molecule has 18 heavy (non-hydrogen) atoms. The Bertz CT molecular complexity index is 439. The molecule has 0 saturated carbocycles. The first-order valence-electron chi connectivity index (χ1n) is 6.06. The van der Waals surface area contributed by atoms with Crippen molar-refractivity contribution in [3.8, 4) is 0 Å². The van der Waals surface area contributed by atoms with Gasteiger partial charge in [0.15, 0.2) is 0 Å². The topological polar surface area (TPSA) is 28.2 Å². The Morgan fingerprint density at radius 2 is 2.06 bits per heavy atom. The predicted octanol–water partition coefficient (Wildman–Crippen LogP) is 2.54. The molecule has 0 saturated heterocycles. The van der Waals surface area contributed by atoms with Crippen molar-refractivity contribution < 1.29 is 0 Å². The van der Waals surface area contributed by atoms with Gasteiger partial charge in [-0.2, -0.15) is 0 Å². The molecule has 0 fully saturated rings. The van der Waals surface area contributed by atoms with Crippen LogP contribution in [0.5, 0.6) is 0 Å². The Balaban J connectivity index is 2.01.